The van der Waals surface area contributed by atoms with Crippen LogP contribution >= 0.6 is 11.6 Å². The van der Waals surface area contributed by atoms with Crippen LogP contribution in [0.3, 0.4) is 0 Å². The van der Waals surface area contributed by atoms with E-state index in [4.69, 9.17) is 11.6 Å². The zero-order valence-electron chi connectivity index (χ0n) is 14.9. The Hall–Kier alpha value is -1.95. The number of piperazine rings is 1. The topological polar surface area (TPSA) is 56.7 Å². The quantitative estimate of drug-likeness (QED) is 0.875. The first-order chi connectivity index (χ1) is 12.5. The van der Waals surface area contributed by atoms with Gasteiger partial charge in [0.05, 0.1) is 0 Å². The first-order valence-corrected chi connectivity index (χ1v) is 9.30. The maximum Gasteiger partial charge on any atom is 0.259 e. The molecule has 1 unspecified atom stereocenters. The van der Waals surface area contributed by atoms with Crippen LogP contribution in [-0.4, -0.2) is 52.0 Å². The predicted octanol–water partition coefficient (Wildman–Crippen LogP) is 2.68. The van der Waals surface area contributed by atoms with Gasteiger partial charge in [-0.05, 0) is 41.8 Å². The Morgan fingerprint density at radius 1 is 1.19 bits per heavy atom. The molecular formula is C20H24ClN3O2. The first-order valence-electron chi connectivity index (χ1n) is 8.92. The second kappa shape index (κ2) is 8.16. The number of amides is 1. The van der Waals surface area contributed by atoms with Gasteiger partial charge in [0, 0.05) is 50.1 Å². The minimum atomic E-state index is -1.53. The number of hydrogen-bond donors (Lipinski definition) is 1. The molecule has 1 N–H and O–H groups in total. The fourth-order valence-corrected chi connectivity index (χ4v) is 3.53. The minimum Gasteiger partial charge on any atom is -0.375 e. The predicted molar refractivity (Wildman–Crippen MR) is 102 cm³/mol. The van der Waals surface area contributed by atoms with Gasteiger partial charge in [-0.25, -0.2) is 0 Å². The molecule has 1 aromatic heterocycles. The molecule has 1 aliphatic heterocycles. The van der Waals surface area contributed by atoms with Gasteiger partial charge in [0.15, 0.2) is 5.60 Å². The van der Waals surface area contributed by atoms with Gasteiger partial charge in [-0.2, -0.15) is 0 Å². The van der Waals surface area contributed by atoms with Gasteiger partial charge in [0.25, 0.3) is 5.91 Å². The highest BCUT2D eigenvalue weighted by atomic mass is 35.5. The highest BCUT2D eigenvalue weighted by Gasteiger charge is 2.40. The number of aliphatic hydroxyl groups is 1. The molecule has 5 nitrogen and oxygen atoms in total. The van der Waals surface area contributed by atoms with Crippen LogP contribution in [-0.2, 0) is 16.9 Å². The Morgan fingerprint density at radius 3 is 2.50 bits per heavy atom. The van der Waals surface area contributed by atoms with Crippen LogP contribution in [0.15, 0.2) is 48.8 Å². The number of nitrogens with zero attached hydrogens (tertiary/aromatic N) is 3. The molecule has 1 aliphatic rings. The summed E-state index contributed by atoms with van der Waals surface area (Å²) in [5, 5.41) is 11.6. The molecule has 0 radical (unpaired) electrons. The molecule has 1 amide bonds. The third-order valence-electron chi connectivity index (χ3n) is 4.98. The van der Waals surface area contributed by atoms with Gasteiger partial charge in [0.2, 0.25) is 0 Å². The molecule has 0 bridgehead atoms. The van der Waals surface area contributed by atoms with E-state index in [0.29, 0.717) is 30.1 Å². The van der Waals surface area contributed by atoms with Crippen LogP contribution < -0.4 is 0 Å². The summed E-state index contributed by atoms with van der Waals surface area (Å²) in [7, 11) is 0. The van der Waals surface area contributed by atoms with Crippen LogP contribution in [0.25, 0.3) is 0 Å². The van der Waals surface area contributed by atoms with Crippen molar-refractivity contribution in [3.8, 4) is 0 Å². The molecular weight excluding hydrogens is 350 g/mol. The van der Waals surface area contributed by atoms with Gasteiger partial charge >= 0.3 is 0 Å². The van der Waals surface area contributed by atoms with Crippen molar-refractivity contribution in [2.24, 2.45) is 0 Å². The fraction of sp³-hybridized carbons (Fsp3) is 0.400. The molecule has 0 saturated carbocycles. The average molecular weight is 374 g/mol. The van der Waals surface area contributed by atoms with Crippen molar-refractivity contribution in [1.82, 2.24) is 14.8 Å². The maximum atomic E-state index is 13.0. The van der Waals surface area contributed by atoms with Crippen molar-refractivity contribution in [3.63, 3.8) is 0 Å². The van der Waals surface area contributed by atoms with E-state index < -0.39 is 5.60 Å². The Bertz CT molecular complexity index is 748. The zero-order valence-corrected chi connectivity index (χ0v) is 15.7. The van der Waals surface area contributed by atoms with E-state index >= 15 is 0 Å². The van der Waals surface area contributed by atoms with E-state index in [-0.39, 0.29) is 5.91 Å². The van der Waals surface area contributed by atoms with Crippen LogP contribution in [0.5, 0.6) is 0 Å². The Labute approximate surface area is 159 Å². The molecule has 138 valence electrons. The van der Waals surface area contributed by atoms with Gasteiger partial charge in [-0.3, -0.25) is 14.7 Å². The summed E-state index contributed by atoms with van der Waals surface area (Å²) in [6, 6.07) is 10.9. The van der Waals surface area contributed by atoms with Crippen LogP contribution in [0.1, 0.15) is 24.5 Å². The molecule has 1 aromatic carbocycles. The number of hydrogen-bond acceptors (Lipinski definition) is 4. The van der Waals surface area contributed by atoms with Crippen molar-refractivity contribution in [2.75, 3.05) is 26.2 Å². The molecule has 2 heterocycles. The average Bonchev–Trinajstić information content (AvgIpc) is 2.68. The molecule has 1 atom stereocenters. The summed E-state index contributed by atoms with van der Waals surface area (Å²) in [6.45, 7) is 5.43. The van der Waals surface area contributed by atoms with Crippen molar-refractivity contribution >= 4 is 17.5 Å². The number of benzene rings is 1. The normalized spacial score (nSPS) is 17.7. The highest BCUT2D eigenvalue weighted by molar-refractivity contribution is 6.30. The molecule has 26 heavy (non-hydrogen) atoms. The van der Waals surface area contributed by atoms with Gasteiger partial charge in [-0.15, -0.1) is 0 Å². The molecule has 2 aromatic rings. The summed E-state index contributed by atoms with van der Waals surface area (Å²) < 4.78 is 0. The van der Waals surface area contributed by atoms with E-state index in [1.54, 1.807) is 41.6 Å². The molecule has 3 rings (SSSR count). The zero-order chi connectivity index (χ0) is 18.6. The van der Waals surface area contributed by atoms with Crippen molar-refractivity contribution in [2.45, 2.75) is 25.5 Å². The number of aromatic nitrogens is 1. The van der Waals surface area contributed by atoms with E-state index in [1.165, 1.54) is 5.56 Å². The first kappa shape index (κ1) is 18.8. The second-order valence-electron chi connectivity index (χ2n) is 6.65. The van der Waals surface area contributed by atoms with Crippen molar-refractivity contribution < 1.29 is 9.90 Å². The summed E-state index contributed by atoms with van der Waals surface area (Å²) in [5.74, 6) is -0.245. The van der Waals surface area contributed by atoms with E-state index in [9.17, 15) is 9.90 Å². The van der Waals surface area contributed by atoms with Gasteiger partial charge < -0.3 is 10.0 Å². The number of rotatable bonds is 5. The molecule has 6 heteroatoms. The Morgan fingerprint density at radius 2 is 1.88 bits per heavy atom. The van der Waals surface area contributed by atoms with Gasteiger partial charge in [-0.1, -0.05) is 30.7 Å². The standard InChI is InChI=1S/C20H24ClN3O2/c1-2-20(26,17-4-3-5-18(21)14-17)19(25)24-12-10-23(11-13-24)15-16-6-8-22-9-7-16/h3-9,14,26H,2,10-13,15H2,1H3. The maximum absolute atomic E-state index is 13.0. The fourth-order valence-electron chi connectivity index (χ4n) is 3.34. The number of carbonyl (C=O) groups is 1. The summed E-state index contributed by atoms with van der Waals surface area (Å²) >= 11 is 6.05. The highest BCUT2D eigenvalue weighted by Crippen LogP contribution is 2.29. The Balaban J connectivity index is 1.65. The largest absolute Gasteiger partial charge is 0.375 e. The van der Waals surface area contributed by atoms with E-state index in [0.717, 1.165) is 19.6 Å². The van der Waals surface area contributed by atoms with Crippen LogP contribution in [0.2, 0.25) is 5.02 Å². The monoisotopic (exact) mass is 373 g/mol. The lowest BCUT2D eigenvalue weighted by Gasteiger charge is -2.39. The molecule has 1 saturated heterocycles. The van der Waals surface area contributed by atoms with Crippen molar-refractivity contribution in [3.05, 3.63) is 64.9 Å². The van der Waals surface area contributed by atoms with E-state index in [1.807, 2.05) is 19.1 Å². The summed E-state index contributed by atoms with van der Waals surface area (Å²) in [5.41, 5.74) is 0.235. The summed E-state index contributed by atoms with van der Waals surface area (Å²) in [4.78, 5) is 21.1. The van der Waals surface area contributed by atoms with Gasteiger partial charge in [0.1, 0.15) is 0 Å². The summed E-state index contributed by atoms with van der Waals surface area (Å²) in [6.07, 6.45) is 3.90. The second-order valence-corrected chi connectivity index (χ2v) is 7.08. The lowest BCUT2D eigenvalue weighted by molar-refractivity contribution is -0.154. The lowest BCUT2D eigenvalue weighted by Crippen LogP contribution is -2.54. The molecule has 1 fully saturated rings. The number of halogens is 1. The molecule has 0 spiro atoms. The third-order valence-corrected chi connectivity index (χ3v) is 5.22. The smallest absolute Gasteiger partial charge is 0.259 e. The third kappa shape index (κ3) is 4.06. The number of carbonyl (C=O) groups excluding carboxylic acids is 1. The SMILES string of the molecule is CCC(O)(C(=O)N1CCN(Cc2ccncc2)CC1)c1cccc(Cl)c1. The Kier molecular flexibility index (Phi) is 5.91. The lowest BCUT2D eigenvalue weighted by atomic mass is 9.89. The number of pyridine rings is 1. The van der Waals surface area contributed by atoms with Crippen molar-refractivity contribution in [1.29, 1.82) is 0 Å². The minimum absolute atomic E-state index is 0.245. The van der Waals surface area contributed by atoms with Crippen LogP contribution in [0.4, 0.5) is 0 Å². The van der Waals surface area contributed by atoms with E-state index in [2.05, 4.69) is 9.88 Å². The molecule has 0 aliphatic carbocycles. The van der Waals surface area contributed by atoms with Crippen LogP contribution in [0, 0.1) is 0 Å².